The number of amidine groups is 1. The number of aliphatic imine (C=N–C) groups is 1. The number of rotatable bonds is 5. The fourth-order valence-corrected chi connectivity index (χ4v) is 7.71. The van der Waals surface area contributed by atoms with Crippen LogP contribution < -0.4 is 9.80 Å². The minimum absolute atomic E-state index is 0.0526. The maximum atomic E-state index is 12.3. The molecule has 0 aromatic heterocycles. The second kappa shape index (κ2) is 7.13. The van der Waals surface area contributed by atoms with Crippen LogP contribution in [0.25, 0.3) is 0 Å². The van der Waals surface area contributed by atoms with Gasteiger partial charge in [0, 0.05) is 35.6 Å². The molecule has 1 amide bonds. The van der Waals surface area contributed by atoms with Gasteiger partial charge in [-0.1, -0.05) is 11.8 Å². The molecule has 0 unspecified atom stereocenters. The second-order valence-electron chi connectivity index (χ2n) is 7.37. The normalized spacial score (nSPS) is 27.8. The highest BCUT2D eigenvalue weighted by atomic mass is 32.2. The van der Waals surface area contributed by atoms with Crippen LogP contribution in [0.1, 0.15) is 26.7 Å². The summed E-state index contributed by atoms with van der Waals surface area (Å²) < 4.78 is 24.3. The van der Waals surface area contributed by atoms with E-state index in [1.54, 1.807) is 0 Å². The van der Waals surface area contributed by atoms with Gasteiger partial charge in [-0.2, -0.15) is 4.99 Å². The van der Waals surface area contributed by atoms with E-state index in [1.807, 2.05) is 17.0 Å². The number of benzene rings is 1. The molecule has 8 heteroatoms. The Hall–Kier alpha value is -1.54. The number of anilines is 2. The van der Waals surface area contributed by atoms with Crippen LogP contribution in [0.2, 0.25) is 0 Å². The third-order valence-corrected chi connectivity index (χ3v) is 8.67. The fourth-order valence-electron chi connectivity index (χ4n) is 3.80. The molecule has 1 aliphatic carbocycles. The minimum atomic E-state index is -3.04. The van der Waals surface area contributed by atoms with E-state index >= 15 is 0 Å². The maximum absolute atomic E-state index is 12.3. The van der Waals surface area contributed by atoms with Crippen LogP contribution in [0, 0.1) is 5.92 Å². The van der Waals surface area contributed by atoms with Crippen LogP contribution >= 0.6 is 11.8 Å². The molecule has 0 spiro atoms. The number of nitrogens with zero attached hydrogens (tertiary/aromatic N) is 3. The van der Waals surface area contributed by atoms with Crippen molar-refractivity contribution in [1.29, 1.82) is 0 Å². The van der Waals surface area contributed by atoms with Gasteiger partial charge in [0.05, 0.1) is 17.5 Å². The third kappa shape index (κ3) is 3.74. The van der Waals surface area contributed by atoms with Gasteiger partial charge in [-0.05, 0) is 51.0 Å². The van der Waals surface area contributed by atoms with Gasteiger partial charge in [0.1, 0.15) is 0 Å². The van der Waals surface area contributed by atoms with E-state index in [2.05, 4.69) is 35.9 Å². The lowest BCUT2D eigenvalue weighted by molar-refractivity contribution is -0.118. The monoisotopic (exact) mass is 407 g/mol. The van der Waals surface area contributed by atoms with E-state index < -0.39 is 9.84 Å². The van der Waals surface area contributed by atoms with Crippen molar-refractivity contribution < 1.29 is 13.2 Å². The summed E-state index contributed by atoms with van der Waals surface area (Å²) >= 11 is 1.45. The van der Waals surface area contributed by atoms with Crippen LogP contribution in [0.15, 0.2) is 29.3 Å². The van der Waals surface area contributed by atoms with E-state index in [1.165, 1.54) is 11.8 Å². The summed E-state index contributed by atoms with van der Waals surface area (Å²) in [5, 5.41) is 0.607. The van der Waals surface area contributed by atoms with Crippen molar-refractivity contribution in [3.8, 4) is 0 Å². The Balaban J connectivity index is 1.66. The predicted molar refractivity (Wildman–Crippen MR) is 111 cm³/mol. The second-order valence-corrected chi connectivity index (χ2v) is 10.7. The van der Waals surface area contributed by atoms with Crippen molar-refractivity contribution in [2.24, 2.45) is 10.9 Å². The Bertz CT molecular complexity index is 859. The topological polar surface area (TPSA) is 70.0 Å². The average molecular weight is 408 g/mol. The summed E-state index contributed by atoms with van der Waals surface area (Å²) in [7, 11) is -3.04. The van der Waals surface area contributed by atoms with Crippen molar-refractivity contribution >= 4 is 44.0 Å². The molecule has 146 valence electrons. The number of sulfone groups is 1. The number of thioether (sulfide) groups is 1. The fraction of sp³-hybridized carbons (Fsp3) is 0.579. The first-order chi connectivity index (χ1) is 12.9. The number of fused-ring (bicyclic) bond motifs is 1. The van der Waals surface area contributed by atoms with Gasteiger partial charge in [0.25, 0.3) is 5.91 Å². The zero-order valence-electron chi connectivity index (χ0n) is 15.7. The Morgan fingerprint density at radius 1 is 1.19 bits per heavy atom. The van der Waals surface area contributed by atoms with Gasteiger partial charge < -0.3 is 9.80 Å². The summed E-state index contributed by atoms with van der Waals surface area (Å²) in [6, 6.07) is 8.00. The molecule has 1 aromatic carbocycles. The average Bonchev–Trinajstić information content (AvgIpc) is 3.37. The van der Waals surface area contributed by atoms with Crippen LogP contribution in [0.3, 0.4) is 0 Å². The first-order valence-corrected chi connectivity index (χ1v) is 12.3. The molecule has 2 saturated heterocycles. The maximum Gasteiger partial charge on any atom is 0.251 e. The molecular formula is C19H25N3O3S2. The van der Waals surface area contributed by atoms with E-state index in [0.29, 0.717) is 5.17 Å². The van der Waals surface area contributed by atoms with Gasteiger partial charge >= 0.3 is 0 Å². The molecule has 27 heavy (non-hydrogen) atoms. The zero-order chi connectivity index (χ0) is 19.2. The van der Waals surface area contributed by atoms with Crippen LogP contribution in [-0.4, -0.2) is 55.4 Å². The van der Waals surface area contributed by atoms with Crippen molar-refractivity contribution in [2.45, 2.75) is 38.0 Å². The highest BCUT2D eigenvalue weighted by molar-refractivity contribution is 8.16. The quantitative estimate of drug-likeness (QED) is 0.747. The first-order valence-electron chi connectivity index (χ1n) is 9.55. The van der Waals surface area contributed by atoms with Crippen molar-refractivity contribution in [2.75, 3.05) is 34.4 Å². The molecular weight excluding hydrogens is 382 g/mol. The lowest BCUT2D eigenvalue weighted by Gasteiger charge is -2.26. The molecule has 0 radical (unpaired) electrons. The summed E-state index contributed by atoms with van der Waals surface area (Å²) in [5.41, 5.74) is 2.05. The van der Waals surface area contributed by atoms with E-state index in [-0.39, 0.29) is 34.6 Å². The third-order valence-electron chi connectivity index (χ3n) is 5.46. The molecule has 6 nitrogen and oxygen atoms in total. The largest absolute Gasteiger partial charge is 0.372 e. The Morgan fingerprint density at radius 2 is 1.85 bits per heavy atom. The van der Waals surface area contributed by atoms with E-state index in [0.717, 1.165) is 37.3 Å². The Kier molecular flexibility index (Phi) is 4.96. The lowest BCUT2D eigenvalue weighted by Crippen LogP contribution is -2.37. The summed E-state index contributed by atoms with van der Waals surface area (Å²) in [4.78, 5) is 20.9. The molecule has 4 rings (SSSR count). The lowest BCUT2D eigenvalue weighted by atomic mass is 10.2. The molecule has 2 atom stereocenters. The zero-order valence-corrected chi connectivity index (χ0v) is 17.3. The first kappa shape index (κ1) is 18.8. The molecule has 0 N–H and O–H groups in total. The predicted octanol–water partition coefficient (Wildman–Crippen LogP) is 2.54. The summed E-state index contributed by atoms with van der Waals surface area (Å²) in [6.07, 6.45) is 1.83. The highest BCUT2D eigenvalue weighted by Crippen LogP contribution is 2.42. The number of hydrogen-bond donors (Lipinski definition) is 0. The highest BCUT2D eigenvalue weighted by Gasteiger charge is 2.49. The molecule has 3 fully saturated rings. The number of hydrogen-bond acceptors (Lipinski definition) is 5. The summed E-state index contributed by atoms with van der Waals surface area (Å²) in [5.74, 6) is 0.283. The van der Waals surface area contributed by atoms with Gasteiger partial charge in [0.2, 0.25) is 0 Å². The molecule has 3 aliphatic rings. The van der Waals surface area contributed by atoms with E-state index in [9.17, 15) is 13.2 Å². The van der Waals surface area contributed by atoms with Crippen LogP contribution in [0.5, 0.6) is 0 Å². The van der Waals surface area contributed by atoms with Gasteiger partial charge in [-0.3, -0.25) is 4.79 Å². The van der Waals surface area contributed by atoms with Crippen LogP contribution in [0.4, 0.5) is 11.4 Å². The van der Waals surface area contributed by atoms with Crippen molar-refractivity contribution in [3.05, 3.63) is 24.3 Å². The van der Waals surface area contributed by atoms with Gasteiger partial charge in [-0.15, -0.1) is 0 Å². The molecule has 1 aromatic rings. The molecule has 1 saturated carbocycles. The van der Waals surface area contributed by atoms with Crippen molar-refractivity contribution in [3.63, 3.8) is 0 Å². The van der Waals surface area contributed by atoms with Gasteiger partial charge in [-0.25, -0.2) is 8.42 Å². The minimum Gasteiger partial charge on any atom is -0.372 e. The Labute approximate surface area is 164 Å². The Morgan fingerprint density at radius 3 is 2.44 bits per heavy atom. The SMILES string of the molecule is CCN(CC)c1ccc(N2C(=NC(=O)C3CC3)S[C@@H]3CS(=O)(=O)C[C@H]32)cc1. The van der Waals surface area contributed by atoms with Gasteiger partial charge in [0.15, 0.2) is 15.0 Å². The standard InChI is InChI=1S/C19H25N3O3S2/c1-3-21(4-2)14-7-9-15(10-8-14)22-16-11-27(24,25)12-17(16)26-19(22)20-18(23)13-5-6-13/h7-10,13,16-17H,3-6,11-12H2,1-2H3/t16-,17-/m1/s1. The number of carbonyl (C=O) groups is 1. The number of carbonyl (C=O) groups excluding carboxylic acids is 1. The molecule has 2 aliphatic heterocycles. The summed E-state index contributed by atoms with van der Waals surface area (Å²) in [6.45, 7) is 6.11. The smallest absolute Gasteiger partial charge is 0.251 e. The van der Waals surface area contributed by atoms with Crippen LogP contribution in [-0.2, 0) is 14.6 Å². The number of amides is 1. The van der Waals surface area contributed by atoms with Crippen molar-refractivity contribution in [1.82, 2.24) is 0 Å². The molecule has 2 heterocycles. The molecule has 0 bridgehead atoms. The van der Waals surface area contributed by atoms with E-state index in [4.69, 9.17) is 0 Å².